The van der Waals surface area contributed by atoms with E-state index in [0.29, 0.717) is 40.9 Å². The Morgan fingerprint density at radius 3 is 2.44 bits per heavy atom. The van der Waals surface area contributed by atoms with Crippen LogP contribution in [0, 0.1) is 6.92 Å². The van der Waals surface area contributed by atoms with Gasteiger partial charge in [0.25, 0.3) is 5.91 Å². The van der Waals surface area contributed by atoms with Crippen LogP contribution in [0.4, 0.5) is 0 Å². The number of fused-ring (bicyclic) bond motifs is 1. The second-order valence-electron chi connectivity index (χ2n) is 9.31. The standard InChI is InChI=1S/C32H32N2O5/c1-5-37-26-15-12-24(13-16-26)32(36)39-29-17-14-23-8-6-7-9-27(23)28(29)19-33-34-31(35)20-38-30-18-25(21(2)3)11-10-22(30)4/h6-19,21H,5,20H2,1-4H3,(H,34,35). The van der Waals surface area contributed by atoms with Gasteiger partial charge in [-0.05, 0) is 78.1 Å². The Morgan fingerprint density at radius 1 is 0.923 bits per heavy atom. The number of hydrogen-bond donors (Lipinski definition) is 1. The number of nitrogens with one attached hydrogen (secondary N) is 1. The molecule has 0 atom stereocenters. The molecule has 0 aromatic heterocycles. The molecule has 0 unspecified atom stereocenters. The Hall–Kier alpha value is -4.65. The molecule has 200 valence electrons. The Labute approximate surface area is 228 Å². The Bertz CT molecular complexity index is 1490. The number of benzene rings is 4. The molecule has 0 saturated heterocycles. The fourth-order valence-electron chi connectivity index (χ4n) is 3.99. The van der Waals surface area contributed by atoms with Gasteiger partial charge in [0, 0.05) is 5.56 Å². The lowest BCUT2D eigenvalue weighted by Crippen LogP contribution is -2.24. The summed E-state index contributed by atoms with van der Waals surface area (Å²) < 4.78 is 16.9. The van der Waals surface area contributed by atoms with Crippen molar-refractivity contribution in [3.8, 4) is 17.2 Å². The van der Waals surface area contributed by atoms with Crippen LogP contribution in [0.2, 0.25) is 0 Å². The molecule has 0 aliphatic carbocycles. The van der Waals surface area contributed by atoms with Crippen molar-refractivity contribution in [2.75, 3.05) is 13.2 Å². The molecule has 1 amide bonds. The van der Waals surface area contributed by atoms with E-state index in [0.717, 1.165) is 21.9 Å². The number of carbonyl (C=O) groups excluding carboxylic acids is 2. The Kier molecular flexibility index (Phi) is 8.94. The van der Waals surface area contributed by atoms with Crippen LogP contribution in [0.5, 0.6) is 17.2 Å². The van der Waals surface area contributed by atoms with Crippen LogP contribution in [0.3, 0.4) is 0 Å². The molecule has 39 heavy (non-hydrogen) atoms. The summed E-state index contributed by atoms with van der Waals surface area (Å²) in [7, 11) is 0. The predicted molar refractivity (Wildman–Crippen MR) is 153 cm³/mol. The number of ether oxygens (including phenoxy) is 3. The van der Waals surface area contributed by atoms with Crippen molar-refractivity contribution >= 4 is 28.9 Å². The number of carbonyl (C=O) groups is 2. The van der Waals surface area contributed by atoms with Gasteiger partial charge in [-0.2, -0.15) is 5.10 Å². The molecule has 0 heterocycles. The van der Waals surface area contributed by atoms with Crippen LogP contribution >= 0.6 is 0 Å². The molecule has 0 aliphatic rings. The second kappa shape index (κ2) is 12.7. The van der Waals surface area contributed by atoms with Gasteiger partial charge < -0.3 is 14.2 Å². The van der Waals surface area contributed by atoms with Gasteiger partial charge >= 0.3 is 5.97 Å². The molecule has 4 rings (SSSR count). The van der Waals surface area contributed by atoms with Crippen LogP contribution in [0.15, 0.2) is 84.0 Å². The summed E-state index contributed by atoms with van der Waals surface area (Å²) in [6.45, 7) is 8.39. The van der Waals surface area contributed by atoms with Gasteiger partial charge in [-0.25, -0.2) is 10.2 Å². The molecule has 0 radical (unpaired) electrons. The molecular formula is C32H32N2O5. The highest BCUT2D eigenvalue weighted by Crippen LogP contribution is 2.28. The molecule has 0 bridgehead atoms. The highest BCUT2D eigenvalue weighted by atomic mass is 16.5. The van der Waals surface area contributed by atoms with Crippen molar-refractivity contribution in [2.24, 2.45) is 5.10 Å². The van der Waals surface area contributed by atoms with Crippen molar-refractivity contribution in [2.45, 2.75) is 33.6 Å². The topological polar surface area (TPSA) is 86.2 Å². The zero-order valence-corrected chi connectivity index (χ0v) is 22.6. The summed E-state index contributed by atoms with van der Waals surface area (Å²) in [5.74, 6) is 1.09. The normalized spacial score (nSPS) is 11.1. The molecule has 0 saturated carbocycles. The molecule has 0 aliphatic heterocycles. The first-order valence-corrected chi connectivity index (χ1v) is 12.9. The van der Waals surface area contributed by atoms with Gasteiger partial charge in [0.05, 0.1) is 18.4 Å². The van der Waals surface area contributed by atoms with E-state index in [1.807, 2.05) is 56.3 Å². The van der Waals surface area contributed by atoms with Crippen molar-refractivity contribution in [1.82, 2.24) is 5.43 Å². The van der Waals surface area contributed by atoms with Gasteiger partial charge in [-0.15, -0.1) is 0 Å². The van der Waals surface area contributed by atoms with Crippen LogP contribution in [-0.2, 0) is 4.79 Å². The first-order valence-electron chi connectivity index (χ1n) is 12.9. The summed E-state index contributed by atoms with van der Waals surface area (Å²) in [6.07, 6.45) is 1.48. The van der Waals surface area contributed by atoms with E-state index in [1.165, 1.54) is 6.21 Å². The highest BCUT2D eigenvalue weighted by Gasteiger charge is 2.14. The molecule has 0 fully saturated rings. The molecule has 4 aromatic rings. The van der Waals surface area contributed by atoms with Crippen LogP contribution < -0.4 is 19.6 Å². The third-order valence-electron chi connectivity index (χ3n) is 6.15. The van der Waals surface area contributed by atoms with Gasteiger partial charge in [0.1, 0.15) is 17.2 Å². The zero-order valence-electron chi connectivity index (χ0n) is 22.6. The Balaban J connectivity index is 1.48. The molecule has 0 spiro atoms. The Morgan fingerprint density at radius 2 is 1.69 bits per heavy atom. The minimum Gasteiger partial charge on any atom is -0.494 e. The molecular weight excluding hydrogens is 492 g/mol. The first-order chi connectivity index (χ1) is 18.9. The van der Waals surface area contributed by atoms with E-state index in [1.54, 1.807) is 30.3 Å². The first kappa shape index (κ1) is 27.4. The number of hydrogen-bond acceptors (Lipinski definition) is 6. The van der Waals surface area contributed by atoms with Crippen molar-refractivity contribution in [1.29, 1.82) is 0 Å². The van der Waals surface area contributed by atoms with Crippen molar-refractivity contribution in [3.05, 3.63) is 101 Å². The summed E-state index contributed by atoms with van der Waals surface area (Å²) in [5, 5.41) is 5.90. The van der Waals surface area contributed by atoms with Crippen molar-refractivity contribution in [3.63, 3.8) is 0 Å². The summed E-state index contributed by atoms with van der Waals surface area (Å²) in [5.41, 5.74) is 5.54. The summed E-state index contributed by atoms with van der Waals surface area (Å²) in [6, 6.07) is 24.0. The average Bonchev–Trinajstić information content (AvgIpc) is 2.94. The number of rotatable bonds is 10. The number of hydrazone groups is 1. The maximum absolute atomic E-state index is 12.9. The van der Waals surface area contributed by atoms with Crippen LogP contribution in [-0.4, -0.2) is 31.3 Å². The lowest BCUT2D eigenvalue weighted by molar-refractivity contribution is -0.123. The van der Waals surface area contributed by atoms with E-state index in [4.69, 9.17) is 14.2 Å². The fourth-order valence-corrected chi connectivity index (χ4v) is 3.99. The molecule has 4 aromatic carbocycles. The second-order valence-corrected chi connectivity index (χ2v) is 9.31. The van der Waals surface area contributed by atoms with E-state index in [2.05, 4.69) is 30.4 Å². The fraction of sp³-hybridized carbons (Fsp3) is 0.219. The highest BCUT2D eigenvalue weighted by molar-refractivity contribution is 6.04. The SMILES string of the molecule is CCOc1ccc(C(=O)Oc2ccc3ccccc3c2C=NNC(=O)COc2cc(C(C)C)ccc2C)cc1. The van der Waals surface area contributed by atoms with E-state index >= 15 is 0 Å². The van der Waals surface area contributed by atoms with E-state index in [-0.39, 0.29) is 6.61 Å². The van der Waals surface area contributed by atoms with Crippen LogP contribution in [0.1, 0.15) is 53.7 Å². The molecule has 1 N–H and O–H groups in total. The lowest BCUT2D eigenvalue weighted by Gasteiger charge is -2.12. The van der Waals surface area contributed by atoms with Gasteiger partial charge in [0.15, 0.2) is 6.61 Å². The minimum atomic E-state index is -0.514. The number of nitrogens with zero attached hydrogens (tertiary/aromatic N) is 1. The number of aryl methyl sites for hydroxylation is 1. The number of esters is 1. The maximum Gasteiger partial charge on any atom is 0.343 e. The smallest absolute Gasteiger partial charge is 0.343 e. The van der Waals surface area contributed by atoms with E-state index < -0.39 is 11.9 Å². The molecule has 7 nitrogen and oxygen atoms in total. The van der Waals surface area contributed by atoms with E-state index in [9.17, 15) is 9.59 Å². The molecule has 7 heteroatoms. The third kappa shape index (κ3) is 7.02. The minimum absolute atomic E-state index is 0.186. The summed E-state index contributed by atoms with van der Waals surface area (Å²) >= 11 is 0. The average molecular weight is 525 g/mol. The van der Waals surface area contributed by atoms with Gasteiger partial charge in [-0.1, -0.05) is 56.3 Å². The largest absolute Gasteiger partial charge is 0.494 e. The predicted octanol–water partition coefficient (Wildman–Crippen LogP) is 6.42. The monoisotopic (exact) mass is 524 g/mol. The number of amides is 1. The maximum atomic E-state index is 12.9. The quantitative estimate of drug-likeness (QED) is 0.112. The van der Waals surface area contributed by atoms with Crippen molar-refractivity contribution < 1.29 is 23.8 Å². The van der Waals surface area contributed by atoms with Gasteiger partial charge in [-0.3, -0.25) is 4.79 Å². The third-order valence-corrected chi connectivity index (χ3v) is 6.15. The lowest BCUT2D eigenvalue weighted by atomic mass is 10.0. The van der Waals surface area contributed by atoms with Crippen LogP contribution in [0.25, 0.3) is 10.8 Å². The van der Waals surface area contributed by atoms with Gasteiger partial charge in [0.2, 0.25) is 0 Å². The zero-order chi connectivity index (χ0) is 27.8. The summed E-state index contributed by atoms with van der Waals surface area (Å²) in [4.78, 5) is 25.3.